The molecule has 4 aromatic rings. The number of aryl methyl sites for hydroxylation is 1. The molecular formula is C22H18F2N4O2. The number of fused-ring (bicyclic) bond motifs is 1. The molecule has 152 valence electrons. The Balaban J connectivity index is 1.63. The van der Waals surface area contributed by atoms with Crippen molar-refractivity contribution in [2.75, 3.05) is 12.4 Å². The van der Waals surface area contributed by atoms with E-state index in [2.05, 4.69) is 15.4 Å². The van der Waals surface area contributed by atoms with Crippen molar-refractivity contribution in [3.63, 3.8) is 0 Å². The zero-order valence-corrected chi connectivity index (χ0v) is 16.3. The van der Waals surface area contributed by atoms with Crippen molar-refractivity contribution in [3.05, 3.63) is 72.1 Å². The van der Waals surface area contributed by atoms with E-state index >= 15 is 0 Å². The number of rotatable bonds is 5. The summed E-state index contributed by atoms with van der Waals surface area (Å²) in [5.41, 5.74) is 3.36. The monoisotopic (exact) mass is 408 g/mol. The second-order valence-electron chi connectivity index (χ2n) is 6.71. The van der Waals surface area contributed by atoms with E-state index in [4.69, 9.17) is 4.74 Å². The Hall–Kier alpha value is -3.81. The SMILES string of the molecule is COc1ccc(-c2ccnc3c2c(C)nn3CC(=O)Nc2ccc(F)c(F)c2)cc1. The average molecular weight is 408 g/mol. The number of carbonyl (C=O) groups excluding carboxylic acids is 1. The maximum atomic E-state index is 13.4. The van der Waals surface area contributed by atoms with Crippen LogP contribution >= 0.6 is 0 Å². The number of amides is 1. The second-order valence-corrected chi connectivity index (χ2v) is 6.71. The molecule has 1 amide bonds. The topological polar surface area (TPSA) is 69.0 Å². The lowest BCUT2D eigenvalue weighted by Gasteiger charge is -2.08. The van der Waals surface area contributed by atoms with Crippen molar-refractivity contribution in [2.45, 2.75) is 13.5 Å². The highest BCUT2D eigenvalue weighted by Crippen LogP contribution is 2.30. The van der Waals surface area contributed by atoms with Gasteiger partial charge in [-0.2, -0.15) is 5.10 Å². The van der Waals surface area contributed by atoms with Crippen LogP contribution in [0, 0.1) is 18.6 Å². The van der Waals surface area contributed by atoms with Crippen molar-refractivity contribution in [1.29, 1.82) is 0 Å². The quantitative estimate of drug-likeness (QED) is 0.534. The summed E-state index contributed by atoms with van der Waals surface area (Å²) in [6.45, 7) is 1.73. The molecule has 0 saturated carbocycles. The maximum Gasteiger partial charge on any atom is 0.246 e. The fourth-order valence-electron chi connectivity index (χ4n) is 3.31. The lowest BCUT2D eigenvalue weighted by Crippen LogP contribution is -2.20. The minimum absolute atomic E-state index is 0.123. The molecule has 8 heteroatoms. The molecule has 0 aliphatic heterocycles. The summed E-state index contributed by atoms with van der Waals surface area (Å²) in [7, 11) is 1.61. The van der Waals surface area contributed by atoms with Crippen LogP contribution in [0.4, 0.5) is 14.5 Å². The van der Waals surface area contributed by atoms with Crippen LogP contribution in [0.1, 0.15) is 5.69 Å². The average Bonchev–Trinajstić information content (AvgIpc) is 3.06. The number of nitrogens with one attached hydrogen (secondary N) is 1. The normalized spacial score (nSPS) is 10.9. The number of anilines is 1. The molecule has 0 atom stereocenters. The summed E-state index contributed by atoms with van der Waals surface area (Å²) in [6.07, 6.45) is 1.66. The number of hydrogen-bond acceptors (Lipinski definition) is 4. The Kier molecular flexibility index (Phi) is 5.14. The van der Waals surface area contributed by atoms with Gasteiger partial charge in [-0.05, 0) is 48.4 Å². The number of benzene rings is 2. The van der Waals surface area contributed by atoms with Crippen molar-refractivity contribution >= 4 is 22.6 Å². The molecule has 0 fully saturated rings. The molecule has 2 aromatic heterocycles. The summed E-state index contributed by atoms with van der Waals surface area (Å²) in [5, 5.41) is 7.84. The highest BCUT2D eigenvalue weighted by atomic mass is 19.2. The van der Waals surface area contributed by atoms with Crippen LogP contribution in [0.2, 0.25) is 0 Å². The Bertz CT molecular complexity index is 1240. The van der Waals surface area contributed by atoms with E-state index in [9.17, 15) is 13.6 Å². The lowest BCUT2D eigenvalue weighted by atomic mass is 10.0. The minimum atomic E-state index is -1.03. The Morgan fingerprint density at radius 2 is 1.87 bits per heavy atom. The van der Waals surface area contributed by atoms with E-state index in [-0.39, 0.29) is 12.2 Å². The largest absolute Gasteiger partial charge is 0.497 e. The van der Waals surface area contributed by atoms with Gasteiger partial charge in [0.05, 0.1) is 12.8 Å². The Morgan fingerprint density at radius 3 is 2.57 bits per heavy atom. The summed E-state index contributed by atoms with van der Waals surface area (Å²) >= 11 is 0. The van der Waals surface area contributed by atoms with E-state index < -0.39 is 17.5 Å². The molecule has 2 heterocycles. The van der Waals surface area contributed by atoms with Crippen LogP contribution < -0.4 is 10.1 Å². The van der Waals surface area contributed by atoms with Crippen LogP contribution in [0.5, 0.6) is 5.75 Å². The first-order valence-electron chi connectivity index (χ1n) is 9.17. The van der Waals surface area contributed by atoms with Gasteiger partial charge in [0.15, 0.2) is 17.3 Å². The fourth-order valence-corrected chi connectivity index (χ4v) is 3.31. The van der Waals surface area contributed by atoms with Gasteiger partial charge in [0.25, 0.3) is 0 Å². The Labute approximate surface area is 171 Å². The zero-order valence-electron chi connectivity index (χ0n) is 16.3. The first-order valence-corrected chi connectivity index (χ1v) is 9.17. The van der Waals surface area contributed by atoms with Crippen molar-refractivity contribution < 1.29 is 18.3 Å². The number of halogens is 2. The van der Waals surface area contributed by atoms with Crippen LogP contribution in [0.25, 0.3) is 22.2 Å². The number of hydrogen-bond donors (Lipinski definition) is 1. The maximum absolute atomic E-state index is 13.4. The number of carbonyl (C=O) groups is 1. The smallest absolute Gasteiger partial charge is 0.246 e. The third kappa shape index (κ3) is 3.71. The molecule has 30 heavy (non-hydrogen) atoms. The third-order valence-electron chi connectivity index (χ3n) is 4.71. The third-order valence-corrected chi connectivity index (χ3v) is 4.71. The first-order chi connectivity index (χ1) is 14.5. The van der Waals surface area contributed by atoms with Crippen molar-refractivity contribution in [1.82, 2.24) is 14.8 Å². The van der Waals surface area contributed by atoms with E-state index in [0.29, 0.717) is 5.65 Å². The van der Waals surface area contributed by atoms with Crippen LogP contribution in [-0.2, 0) is 11.3 Å². The molecular weight excluding hydrogens is 390 g/mol. The molecule has 6 nitrogen and oxygen atoms in total. The highest BCUT2D eigenvalue weighted by molar-refractivity contribution is 5.96. The van der Waals surface area contributed by atoms with Crippen molar-refractivity contribution in [3.8, 4) is 16.9 Å². The van der Waals surface area contributed by atoms with Gasteiger partial charge in [-0.25, -0.2) is 18.4 Å². The minimum Gasteiger partial charge on any atom is -0.497 e. The van der Waals surface area contributed by atoms with E-state index in [1.807, 2.05) is 37.3 Å². The molecule has 2 aromatic carbocycles. The number of nitrogens with zero attached hydrogens (tertiary/aromatic N) is 3. The summed E-state index contributed by atoms with van der Waals surface area (Å²) in [6, 6.07) is 12.7. The zero-order chi connectivity index (χ0) is 21.3. The van der Waals surface area contributed by atoms with Gasteiger partial charge < -0.3 is 10.1 Å². The van der Waals surface area contributed by atoms with Gasteiger partial charge >= 0.3 is 0 Å². The number of methoxy groups -OCH3 is 1. The van der Waals surface area contributed by atoms with Crippen LogP contribution in [0.15, 0.2) is 54.7 Å². The molecule has 0 unspecified atom stereocenters. The standard InChI is InChI=1S/C22H18F2N4O2/c1-13-21-17(14-3-6-16(30-2)7-4-14)9-10-25-22(21)28(27-13)12-20(29)26-15-5-8-18(23)19(24)11-15/h3-11H,12H2,1-2H3,(H,26,29). The van der Waals surface area contributed by atoms with Gasteiger partial charge in [-0.3, -0.25) is 4.79 Å². The fraction of sp³-hybridized carbons (Fsp3) is 0.136. The molecule has 0 radical (unpaired) electrons. The molecule has 0 saturated heterocycles. The predicted octanol–water partition coefficient (Wildman–Crippen LogP) is 4.33. The van der Waals surface area contributed by atoms with Crippen molar-refractivity contribution in [2.24, 2.45) is 0 Å². The predicted molar refractivity (Wildman–Crippen MR) is 109 cm³/mol. The van der Waals surface area contributed by atoms with Crippen LogP contribution in [-0.4, -0.2) is 27.8 Å². The number of pyridine rings is 1. The van der Waals surface area contributed by atoms with Crippen LogP contribution in [0.3, 0.4) is 0 Å². The summed E-state index contributed by atoms with van der Waals surface area (Å²) in [4.78, 5) is 16.8. The Morgan fingerprint density at radius 1 is 1.10 bits per heavy atom. The van der Waals surface area contributed by atoms with Gasteiger partial charge in [0.1, 0.15) is 12.3 Å². The molecule has 0 spiro atoms. The van der Waals surface area contributed by atoms with Gasteiger partial charge in [0.2, 0.25) is 5.91 Å². The molecule has 0 aliphatic rings. The molecule has 0 aliphatic carbocycles. The van der Waals surface area contributed by atoms with Gasteiger partial charge in [-0.15, -0.1) is 0 Å². The molecule has 4 rings (SSSR count). The number of ether oxygens (including phenoxy) is 1. The molecule has 0 bridgehead atoms. The summed E-state index contributed by atoms with van der Waals surface area (Å²) < 4.78 is 33.1. The molecule has 1 N–H and O–H groups in total. The first kappa shape index (κ1) is 19.5. The lowest BCUT2D eigenvalue weighted by molar-refractivity contribution is -0.116. The van der Waals surface area contributed by atoms with Gasteiger partial charge in [0, 0.05) is 23.3 Å². The van der Waals surface area contributed by atoms with Gasteiger partial charge in [-0.1, -0.05) is 12.1 Å². The van der Waals surface area contributed by atoms with E-state index in [1.54, 1.807) is 13.3 Å². The summed E-state index contributed by atoms with van der Waals surface area (Å²) in [5.74, 6) is -1.68. The van der Waals surface area contributed by atoms with E-state index in [1.165, 1.54) is 10.7 Å². The second kappa shape index (κ2) is 7.90. The highest BCUT2D eigenvalue weighted by Gasteiger charge is 2.16. The number of aromatic nitrogens is 3. The van der Waals surface area contributed by atoms with E-state index in [0.717, 1.165) is 40.1 Å².